The van der Waals surface area contributed by atoms with Gasteiger partial charge in [0.1, 0.15) is 5.82 Å². The minimum atomic E-state index is -0.311. The van der Waals surface area contributed by atoms with Crippen LogP contribution in [0, 0.1) is 5.82 Å². The minimum absolute atomic E-state index is 0.311. The molecule has 3 aromatic rings. The quantitative estimate of drug-likeness (QED) is 0.612. The number of H-pyrrole nitrogens is 1. The SMILES string of the molecule is Nc1cc(F)cc2cc(-c3ccccc3)[nH]c12. The van der Waals surface area contributed by atoms with Gasteiger partial charge in [-0.25, -0.2) is 4.39 Å². The number of aromatic nitrogens is 1. The van der Waals surface area contributed by atoms with Crippen molar-refractivity contribution < 1.29 is 4.39 Å². The molecule has 0 atom stereocenters. The average Bonchev–Trinajstić information content (AvgIpc) is 2.74. The predicted molar refractivity (Wildman–Crippen MR) is 68.1 cm³/mol. The minimum Gasteiger partial charge on any atom is -0.397 e. The van der Waals surface area contributed by atoms with Crippen LogP contribution < -0.4 is 5.73 Å². The standard InChI is InChI=1S/C14H11FN2/c15-11-6-10-7-13(9-4-2-1-3-5-9)17-14(10)12(16)8-11/h1-8,17H,16H2. The Kier molecular flexibility index (Phi) is 2.11. The first-order chi connectivity index (χ1) is 8.24. The molecule has 3 N–H and O–H groups in total. The van der Waals surface area contributed by atoms with Crippen LogP contribution in [0.1, 0.15) is 0 Å². The van der Waals surface area contributed by atoms with Gasteiger partial charge in [0.15, 0.2) is 0 Å². The molecule has 3 rings (SSSR count). The van der Waals surface area contributed by atoms with Gasteiger partial charge < -0.3 is 10.7 Å². The van der Waals surface area contributed by atoms with Crippen molar-refractivity contribution in [2.24, 2.45) is 0 Å². The molecule has 2 nitrogen and oxygen atoms in total. The fourth-order valence-corrected chi connectivity index (χ4v) is 2.01. The summed E-state index contributed by atoms with van der Waals surface area (Å²) in [6.45, 7) is 0. The molecule has 84 valence electrons. The molecule has 0 unspecified atom stereocenters. The second kappa shape index (κ2) is 3.63. The maximum atomic E-state index is 13.2. The van der Waals surface area contributed by atoms with E-state index in [1.54, 1.807) is 0 Å². The van der Waals surface area contributed by atoms with Gasteiger partial charge in [0.05, 0.1) is 11.2 Å². The van der Waals surface area contributed by atoms with E-state index in [1.807, 2.05) is 36.4 Å². The van der Waals surface area contributed by atoms with Crippen molar-refractivity contribution in [1.82, 2.24) is 4.98 Å². The predicted octanol–water partition coefficient (Wildman–Crippen LogP) is 3.56. The molecule has 0 bridgehead atoms. The maximum Gasteiger partial charge on any atom is 0.126 e. The third-order valence-corrected chi connectivity index (χ3v) is 2.81. The lowest BCUT2D eigenvalue weighted by Crippen LogP contribution is -1.87. The third-order valence-electron chi connectivity index (χ3n) is 2.81. The number of nitrogen functional groups attached to an aromatic ring is 1. The first-order valence-corrected chi connectivity index (χ1v) is 5.37. The molecule has 0 radical (unpaired) electrons. The van der Waals surface area contributed by atoms with Gasteiger partial charge in [0, 0.05) is 11.1 Å². The Hall–Kier alpha value is -2.29. The zero-order valence-electron chi connectivity index (χ0n) is 9.07. The van der Waals surface area contributed by atoms with Crippen molar-refractivity contribution in [3.63, 3.8) is 0 Å². The third kappa shape index (κ3) is 1.65. The first-order valence-electron chi connectivity index (χ1n) is 5.37. The first kappa shape index (κ1) is 9.90. The Balaban J connectivity index is 2.24. The average molecular weight is 226 g/mol. The fourth-order valence-electron chi connectivity index (χ4n) is 2.01. The highest BCUT2D eigenvalue weighted by Crippen LogP contribution is 2.28. The van der Waals surface area contributed by atoms with E-state index >= 15 is 0 Å². The van der Waals surface area contributed by atoms with Gasteiger partial charge in [-0.15, -0.1) is 0 Å². The fraction of sp³-hybridized carbons (Fsp3) is 0. The van der Waals surface area contributed by atoms with Crippen LogP contribution in [0.25, 0.3) is 22.2 Å². The zero-order chi connectivity index (χ0) is 11.8. The molecular weight excluding hydrogens is 215 g/mol. The molecule has 17 heavy (non-hydrogen) atoms. The van der Waals surface area contributed by atoms with Crippen LogP contribution in [0.4, 0.5) is 10.1 Å². The molecule has 1 aromatic heterocycles. The molecule has 0 aliphatic carbocycles. The van der Waals surface area contributed by atoms with E-state index in [-0.39, 0.29) is 5.82 Å². The van der Waals surface area contributed by atoms with Crippen LogP contribution in [0.2, 0.25) is 0 Å². The Morgan fingerprint density at radius 2 is 1.76 bits per heavy atom. The molecule has 0 aliphatic rings. The Morgan fingerprint density at radius 1 is 1.00 bits per heavy atom. The normalized spacial score (nSPS) is 10.9. The maximum absolute atomic E-state index is 13.2. The molecular formula is C14H11FN2. The van der Waals surface area contributed by atoms with Crippen LogP contribution in [0.5, 0.6) is 0 Å². The van der Waals surface area contributed by atoms with Gasteiger partial charge in [-0.3, -0.25) is 0 Å². The number of fused-ring (bicyclic) bond motifs is 1. The lowest BCUT2D eigenvalue weighted by Gasteiger charge is -1.97. The number of hydrogen-bond donors (Lipinski definition) is 2. The summed E-state index contributed by atoms with van der Waals surface area (Å²) in [5.74, 6) is -0.311. The number of halogens is 1. The van der Waals surface area contributed by atoms with Crippen LogP contribution in [-0.2, 0) is 0 Å². The van der Waals surface area contributed by atoms with Crippen molar-refractivity contribution in [3.8, 4) is 11.3 Å². The number of hydrogen-bond acceptors (Lipinski definition) is 1. The van der Waals surface area contributed by atoms with Crippen molar-refractivity contribution >= 4 is 16.6 Å². The van der Waals surface area contributed by atoms with E-state index in [0.717, 1.165) is 22.2 Å². The van der Waals surface area contributed by atoms with E-state index < -0.39 is 0 Å². The van der Waals surface area contributed by atoms with Gasteiger partial charge in [-0.05, 0) is 23.8 Å². The molecule has 3 heteroatoms. The van der Waals surface area contributed by atoms with Crippen LogP contribution in [0.3, 0.4) is 0 Å². The van der Waals surface area contributed by atoms with Crippen LogP contribution in [-0.4, -0.2) is 4.98 Å². The molecule has 0 spiro atoms. The van der Waals surface area contributed by atoms with Crippen molar-refractivity contribution in [2.45, 2.75) is 0 Å². The monoisotopic (exact) mass is 226 g/mol. The summed E-state index contributed by atoms with van der Waals surface area (Å²) in [4.78, 5) is 3.22. The van der Waals surface area contributed by atoms with Gasteiger partial charge in [-0.2, -0.15) is 0 Å². The highest BCUT2D eigenvalue weighted by molar-refractivity contribution is 5.93. The summed E-state index contributed by atoms with van der Waals surface area (Å²) in [5, 5.41) is 0.793. The summed E-state index contributed by atoms with van der Waals surface area (Å²) < 4.78 is 13.2. The number of nitrogens with two attached hydrogens (primary N) is 1. The second-order valence-electron chi connectivity index (χ2n) is 4.01. The van der Waals surface area contributed by atoms with Crippen molar-refractivity contribution in [3.05, 3.63) is 54.3 Å². The topological polar surface area (TPSA) is 41.8 Å². The highest BCUT2D eigenvalue weighted by atomic mass is 19.1. The van der Waals surface area contributed by atoms with Crippen molar-refractivity contribution in [2.75, 3.05) is 5.73 Å². The molecule has 0 saturated carbocycles. The summed E-state index contributed by atoms with van der Waals surface area (Å²) in [6, 6.07) is 14.6. The van der Waals surface area contributed by atoms with E-state index in [1.165, 1.54) is 12.1 Å². The number of anilines is 1. The summed E-state index contributed by atoms with van der Waals surface area (Å²) in [7, 11) is 0. The van der Waals surface area contributed by atoms with E-state index in [9.17, 15) is 4.39 Å². The number of rotatable bonds is 1. The largest absolute Gasteiger partial charge is 0.397 e. The highest BCUT2D eigenvalue weighted by Gasteiger charge is 2.07. The Labute approximate surface area is 97.9 Å². The summed E-state index contributed by atoms with van der Waals surface area (Å²) in [6.07, 6.45) is 0. The van der Waals surface area contributed by atoms with Crippen LogP contribution >= 0.6 is 0 Å². The summed E-state index contributed by atoms with van der Waals surface area (Å²) >= 11 is 0. The smallest absolute Gasteiger partial charge is 0.126 e. The second-order valence-corrected chi connectivity index (χ2v) is 4.01. The molecule has 0 fully saturated rings. The molecule has 0 amide bonds. The Morgan fingerprint density at radius 3 is 2.53 bits per heavy atom. The lowest BCUT2D eigenvalue weighted by atomic mass is 10.1. The van der Waals surface area contributed by atoms with E-state index in [0.29, 0.717) is 5.69 Å². The van der Waals surface area contributed by atoms with Gasteiger partial charge >= 0.3 is 0 Å². The molecule has 0 saturated heterocycles. The zero-order valence-corrected chi connectivity index (χ0v) is 9.07. The molecule has 1 heterocycles. The molecule has 2 aromatic carbocycles. The molecule has 0 aliphatic heterocycles. The number of benzene rings is 2. The van der Waals surface area contributed by atoms with E-state index in [4.69, 9.17) is 5.73 Å². The van der Waals surface area contributed by atoms with Crippen LogP contribution in [0.15, 0.2) is 48.5 Å². The Bertz CT molecular complexity index is 671. The van der Waals surface area contributed by atoms with Crippen molar-refractivity contribution in [1.29, 1.82) is 0 Å². The van der Waals surface area contributed by atoms with Gasteiger partial charge in [-0.1, -0.05) is 30.3 Å². The number of nitrogens with one attached hydrogen (secondary N) is 1. The summed E-state index contributed by atoms with van der Waals surface area (Å²) in [5.41, 5.74) is 8.99. The van der Waals surface area contributed by atoms with Gasteiger partial charge in [0.2, 0.25) is 0 Å². The van der Waals surface area contributed by atoms with Gasteiger partial charge in [0.25, 0.3) is 0 Å². The number of aromatic amines is 1. The van der Waals surface area contributed by atoms with E-state index in [2.05, 4.69) is 4.98 Å². The lowest BCUT2D eigenvalue weighted by molar-refractivity contribution is 0.630.